The molecule has 2 heterocycles. The van der Waals surface area contributed by atoms with Gasteiger partial charge in [0.05, 0.1) is 15.4 Å². The molecule has 2 aromatic carbocycles. The molecule has 0 aliphatic rings. The molecule has 0 aliphatic heterocycles. The minimum Gasteiger partial charge on any atom is -0.348 e. The Morgan fingerprint density at radius 3 is 2.56 bits per heavy atom. The number of imidazole rings is 1. The minimum atomic E-state index is -3.63. The van der Waals surface area contributed by atoms with Crippen LogP contribution in [0.15, 0.2) is 83.1 Å². The molecule has 8 nitrogen and oxygen atoms in total. The molecular weight excluding hydrogens is 426 g/mol. The lowest BCUT2D eigenvalue weighted by Crippen LogP contribution is -2.23. The molecule has 0 aliphatic carbocycles. The Bertz CT molecular complexity index is 1360. The van der Waals surface area contributed by atoms with Crippen LogP contribution in [0.3, 0.4) is 0 Å². The number of hydrogen-bond acceptors (Lipinski definition) is 6. The number of aromatic nitrogens is 3. The lowest BCUT2D eigenvalue weighted by Gasteiger charge is -2.12. The molecular formula is C23H23N5O3S. The first-order valence-electron chi connectivity index (χ1n) is 9.97. The molecule has 32 heavy (non-hydrogen) atoms. The first-order valence-corrected chi connectivity index (χ1v) is 11.5. The Balaban J connectivity index is 1.45. The van der Waals surface area contributed by atoms with Crippen LogP contribution in [0.25, 0.3) is 5.78 Å². The third kappa shape index (κ3) is 4.68. The maximum Gasteiger partial charge on any atom is 0.254 e. The molecule has 1 amide bonds. The second kappa shape index (κ2) is 8.89. The second-order valence-corrected chi connectivity index (χ2v) is 9.64. The van der Waals surface area contributed by atoms with Gasteiger partial charge < -0.3 is 10.2 Å². The number of carbonyl (C=O) groups is 1. The molecule has 9 heteroatoms. The number of nitrogens with one attached hydrogen (secondary N) is 1. The van der Waals surface area contributed by atoms with E-state index in [0.29, 0.717) is 17.9 Å². The van der Waals surface area contributed by atoms with Gasteiger partial charge >= 0.3 is 0 Å². The summed E-state index contributed by atoms with van der Waals surface area (Å²) in [5.74, 6) is 0.244. The van der Waals surface area contributed by atoms with E-state index in [1.54, 1.807) is 65.5 Å². The minimum absolute atomic E-state index is 0.212. The van der Waals surface area contributed by atoms with E-state index in [1.807, 2.05) is 25.1 Å². The summed E-state index contributed by atoms with van der Waals surface area (Å²) in [7, 11) is 0.245. The number of rotatable bonds is 7. The van der Waals surface area contributed by atoms with Gasteiger partial charge in [0.1, 0.15) is 0 Å². The van der Waals surface area contributed by atoms with E-state index in [0.717, 1.165) is 11.1 Å². The maximum absolute atomic E-state index is 13.0. The largest absolute Gasteiger partial charge is 0.348 e. The fourth-order valence-electron chi connectivity index (χ4n) is 3.32. The highest BCUT2D eigenvalue weighted by Crippen LogP contribution is 2.22. The average molecular weight is 450 g/mol. The third-order valence-electron chi connectivity index (χ3n) is 4.90. The van der Waals surface area contributed by atoms with E-state index in [1.165, 1.54) is 6.20 Å². The summed E-state index contributed by atoms with van der Waals surface area (Å²) in [5, 5.41) is 2.82. The standard InChI is InChI=1S/C23H23N5O3S/c1-27(2)15-18-4-3-5-21(12-18)32(30,31)20-8-6-17(7-9-20)13-25-22(29)19-14-26-23-24-10-11-28(23)16-19/h3-12,14,16H,13,15H2,1-2H3,(H,25,29). The van der Waals surface area contributed by atoms with Crippen molar-refractivity contribution in [2.75, 3.05) is 14.1 Å². The third-order valence-corrected chi connectivity index (χ3v) is 6.67. The Labute approximate surface area is 186 Å². The van der Waals surface area contributed by atoms with Gasteiger partial charge in [-0.3, -0.25) is 9.20 Å². The Morgan fingerprint density at radius 2 is 1.81 bits per heavy atom. The second-order valence-electron chi connectivity index (χ2n) is 7.69. The molecule has 1 N–H and O–H groups in total. The van der Waals surface area contributed by atoms with Crippen LogP contribution in [-0.4, -0.2) is 47.7 Å². The number of amides is 1. The topological polar surface area (TPSA) is 96.7 Å². The van der Waals surface area contributed by atoms with Crippen LogP contribution in [0.5, 0.6) is 0 Å². The zero-order chi connectivity index (χ0) is 22.7. The lowest BCUT2D eigenvalue weighted by molar-refractivity contribution is 0.0950. The zero-order valence-electron chi connectivity index (χ0n) is 17.8. The van der Waals surface area contributed by atoms with Crippen molar-refractivity contribution >= 4 is 21.5 Å². The molecule has 0 unspecified atom stereocenters. The summed E-state index contributed by atoms with van der Waals surface area (Å²) in [4.78, 5) is 23.1. The summed E-state index contributed by atoms with van der Waals surface area (Å²) in [6.07, 6.45) is 6.45. The van der Waals surface area contributed by atoms with E-state index >= 15 is 0 Å². The van der Waals surface area contributed by atoms with E-state index in [-0.39, 0.29) is 22.2 Å². The predicted molar refractivity (Wildman–Crippen MR) is 120 cm³/mol. The van der Waals surface area contributed by atoms with Crippen LogP contribution < -0.4 is 5.32 Å². The van der Waals surface area contributed by atoms with Gasteiger partial charge in [-0.1, -0.05) is 24.3 Å². The number of nitrogens with zero attached hydrogens (tertiary/aromatic N) is 4. The SMILES string of the molecule is CN(C)Cc1cccc(S(=O)(=O)c2ccc(CNC(=O)c3cnc4nccn4c3)cc2)c1. The van der Waals surface area contributed by atoms with Crippen LogP contribution in [-0.2, 0) is 22.9 Å². The van der Waals surface area contributed by atoms with Crippen LogP contribution in [0, 0.1) is 0 Å². The number of benzene rings is 2. The van der Waals surface area contributed by atoms with Crippen molar-refractivity contribution < 1.29 is 13.2 Å². The summed E-state index contributed by atoms with van der Waals surface area (Å²) < 4.78 is 27.7. The molecule has 2 aromatic heterocycles. The van der Waals surface area contributed by atoms with Gasteiger partial charge in [0.15, 0.2) is 0 Å². The fourth-order valence-corrected chi connectivity index (χ4v) is 4.65. The van der Waals surface area contributed by atoms with Crippen LogP contribution in [0.2, 0.25) is 0 Å². The summed E-state index contributed by atoms with van der Waals surface area (Å²) in [6, 6.07) is 13.5. The number of sulfone groups is 1. The van der Waals surface area contributed by atoms with Gasteiger partial charge in [-0.25, -0.2) is 18.4 Å². The fraction of sp³-hybridized carbons (Fsp3) is 0.174. The van der Waals surface area contributed by atoms with Gasteiger partial charge in [-0.15, -0.1) is 0 Å². The van der Waals surface area contributed by atoms with Crippen molar-refractivity contribution in [3.8, 4) is 0 Å². The monoisotopic (exact) mass is 449 g/mol. The van der Waals surface area contributed by atoms with Gasteiger partial charge in [-0.05, 0) is 49.5 Å². The number of carbonyl (C=O) groups excluding carboxylic acids is 1. The first kappa shape index (κ1) is 21.7. The van der Waals surface area contributed by atoms with E-state index in [2.05, 4.69) is 15.3 Å². The van der Waals surface area contributed by atoms with Gasteiger partial charge in [-0.2, -0.15) is 0 Å². The summed E-state index contributed by atoms with van der Waals surface area (Å²) in [5.41, 5.74) is 2.13. The highest BCUT2D eigenvalue weighted by molar-refractivity contribution is 7.91. The molecule has 0 spiro atoms. The quantitative estimate of drug-likeness (QED) is 0.466. The van der Waals surface area contributed by atoms with Gasteiger partial charge in [0.2, 0.25) is 15.6 Å². The average Bonchev–Trinajstić information content (AvgIpc) is 3.25. The molecule has 0 radical (unpaired) electrons. The highest BCUT2D eigenvalue weighted by Gasteiger charge is 2.18. The van der Waals surface area contributed by atoms with E-state index in [4.69, 9.17) is 0 Å². The van der Waals surface area contributed by atoms with Crippen molar-refractivity contribution in [2.45, 2.75) is 22.9 Å². The van der Waals surface area contributed by atoms with Crippen molar-refractivity contribution in [1.82, 2.24) is 24.6 Å². The van der Waals surface area contributed by atoms with Crippen LogP contribution in [0.4, 0.5) is 0 Å². The molecule has 0 bridgehead atoms. The Kier molecular flexibility index (Phi) is 6.02. The lowest BCUT2D eigenvalue weighted by atomic mass is 10.2. The molecule has 4 aromatic rings. The first-order chi connectivity index (χ1) is 15.3. The molecule has 0 fully saturated rings. The molecule has 4 rings (SSSR count). The van der Waals surface area contributed by atoms with Crippen molar-refractivity contribution in [3.05, 3.63) is 90.0 Å². The predicted octanol–water partition coefficient (Wildman–Crippen LogP) is 2.55. The highest BCUT2D eigenvalue weighted by atomic mass is 32.2. The molecule has 0 atom stereocenters. The number of hydrogen-bond donors (Lipinski definition) is 1. The number of fused-ring (bicyclic) bond motifs is 1. The van der Waals surface area contributed by atoms with Crippen LogP contribution >= 0.6 is 0 Å². The van der Waals surface area contributed by atoms with Gasteiger partial charge in [0.25, 0.3) is 5.91 Å². The molecule has 0 saturated carbocycles. The van der Waals surface area contributed by atoms with E-state index in [9.17, 15) is 13.2 Å². The molecule has 164 valence electrons. The molecule has 0 saturated heterocycles. The summed E-state index contributed by atoms with van der Waals surface area (Å²) in [6.45, 7) is 0.921. The summed E-state index contributed by atoms with van der Waals surface area (Å²) >= 11 is 0. The smallest absolute Gasteiger partial charge is 0.254 e. The van der Waals surface area contributed by atoms with Crippen molar-refractivity contribution in [1.29, 1.82) is 0 Å². The van der Waals surface area contributed by atoms with Crippen molar-refractivity contribution in [3.63, 3.8) is 0 Å². The van der Waals surface area contributed by atoms with Crippen LogP contribution in [0.1, 0.15) is 21.5 Å². The van der Waals surface area contributed by atoms with Crippen molar-refractivity contribution in [2.24, 2.45) is 0 Å². The normalized spacial score (nSPS) is 11.7. The Morgan fingerprint density at radius 1 is 1.03 bits per heavy atom. The zero-order valence-corrected chi connectivity index (χ0v) is 18.6. The Hall–Kier alpha value is -3.56. The van der Waals surface area contributed by atoms with E-state index < -0.39 is 9.84 Å². The van der Waals surface area contributed by atoms with Gasteiger partial charge in [0, 0.05) is 37.9 Å². The maximum atomic E-state index is 13.0.